The topological polar surface area (TPSA) is 34.0 Å². The number of fused-ring (bicyclic) bond motifs is 1. The summed E-state index contributed by atoms with van der Waals surface area (Å²) in [5.41, 5.74) is 2.57. The van der Waals surface area contributed by atoms with Crippen LogP contribution in [0.5, 0.6) is 0 Å². The molecule has 1 unspecified atom stereocenters. The summed E-state index contributed by atoms with van der Waals surface area (Å²) in [6, 6.07) is 11.1. The summed E-state index contributed by atoms with van der Waals surface area (Å²) in [4.78, 5) is 2.47. The molecular formula is C13H16N4. The molecule has 0 amide bonds. The van der Waals surface area contributed by atoms with Crippen LogP contribution >= 0.6 is 0 Å². The second kappa shape index (κ2) is 4.30. The van der Waals surface area contributed by atoms with E-state index in [2.05, 4.69) is 52.5 Å². The molecule has 0 fully saturated rings. The zero-order valence-electron chi connectivity index (χ0n) is 9.95. The highest BCUT2D eigenvalue weighted by atomic mass is 15.5. The molecule has 1 aliphatic heterocycles. The van der Waals surface area contributed by atoms with Crippen LogP contribution in [0.4, 0.5) is 0 Å². The van der Waals surface area contributed by atoms with Gasteiger partial charge in [0.1, 0.15) is 0 Å². The predicted molar refractivity (Wildman–Crippen MR) is 65.2 cm³/mol. The summed E-state index contributed by atoms with van der Waals surface area (Å²) >= 11 is 0. The predicted octanol–water partition coefficient (Wildman–Crippen LogP) is 1.68. The lowest BCUT2D eigenvalue weighted by Crippen LogP contribution is -2.40. The van der Waals surface area contributed by atoms with Gasteiger partial charge in [-0.3, -0.25) is 4.90 Å². The third kappa shape index (κ3) is 2.08. The van der Waals surface area contributed by atoms with E-state index in [-0.39, 0.29) is 0 Å². The molecule has 0 bridgehead atoms. The van der Waals surface area contributed by atoms with Crippen LogP contribution < -0.4 is 0 Å². The van der Waals surface area contributed by atoms with Crippen molar-refractivity contribution in [1.29, 1.82) is 0 Å². The second-order valence-corrected chi connectivity index (χ2v) is 4.65. The molecule has 4 heteroatoms. The Balaban J connectivity index is 1.77. The van der Waals surface area contributed by atoms with E-state index in [1.54, 1.807) is 0 Å². The van der Waals surface area contributed by atoms with Crippen LogP contribution in [0.1, 0.15) is 18.2 Å². The first kappa shape index (κ1) is 10.5. The first-order chi connectivity index (χ1) is 8.33. The summed E-state index contributed by atoms with van der Waals surface area (Å²) in [6.45, 7) is 5.10. The van der Waals surface area contributed by atoms with E-state index < -0.39 is 0 Å². The van der Waals surface area contributed by atoms with Gasteiger partial charge >= 0.3 is 0 Å². The van der Waals surface area contributed by atoms with Crippen LogP contribution in [0.25, 0.3) is 0 Å². The van der Waals surface area contributed by atoms with E-state index in [0.717, 1.165) is 19.6 Å². The van der Waals surface area contributed by atoms with Crippen molar-refractivity contribution in [2.45, 2.75) is 32.6 Å². The van der Waals surface area contributed by atoms with E-state index in [1.807, 2.05) is 10.9 Å². The van der Waals surface area contributed by atoms with Crippen molar-refractivity contribution in [2.75, 3.05) is 0 Å². The van der Waals surface area contributed by atoms with E-state index >= 15 is 0 Å². The van der Waals surface area contributed by atoms with E-state index in [9.17, 15) is 0 Å². The summed E-state index contributed by atoms with van der Waals surface area (Å²) in [7, 11) is 0. The van der Waals surface area contributed by atoms with Crippen LogP contribution in [0, 0.1) is 0 Å². The van der Waals surface area contributed by atoms with E-state index in [1.165, 1.54) is 11.3 Å². The highest BCUT2D eigenvalue weighted by Crippen LogP contribution is 2.18. The molecule has 0 saturated carbocycles. The molecule has 17 heavy (non-hydrogen) atoms. The fourth-order valence-electron chi connectivity index (χ4n) is 2.31. The van der Waals surface area contributed by atoms with Gasteiger partial charge in [0.05, 0.1) is 18.4 Å². The SMILES string of the molecule is CC1Cn2nncc2CN1Cc1ccccc1. The zero-order chi connectivity index (χ0) is 11.7. The van der Waals surface area contributed by atoms with Gasteiger partial charge < -0.3 is 0 Å². The van der Waals surface area contributed by atoms with Gasteiger partial charge in [-0.1, -0.05) is 35.5 Å². The largest absolute Gasteiger partial charge is 0.289 e. The van der Waals surface area contributed by atoms with Crippen molar-refractivity contribution >= 4 is 0 Å². The lowest BCUT2D eigenvalue weighted by atomic mass is 10.1. The second-order valence-electron chi connectivity index (χ2n) is 4.65. The van der Waals surface area contributed by atoms with Crippen LogP contribution in [0.2, 0.25) is 0 Å². The average Bonchev–Trinajstić information content (AvgIpc) is 2.78. The van der Waals surface area contributed by atoms with E-state index in [4.69, 9.17) is 0 Å². The summed E-state index contributed by atoms with van der Waals surface area (Å²) in [5, 5.41) is 8.05. The third-order valence-electron chi connectivity index (χ3n) is 3.35. The lowest BCUT2D eigenvalue weighted by molar-refractivity contribution is 0.136. The Morgan fingerprint density at radius 3 is 2.94 bits per heavy atom. The van der Waals surface area contributed by atoms with Crippen molar-refractivity contribution in [3.63, 3.8) is 0 Å². The van der Waals surface area contributed by atoms with Gasteiger partial charge in [0.2, 0.25) is 0 Å². The molecule has 0 radical (unpaired) electrons. The Hall–Kier alpha value is -1.68. The van der Waals surface area contributed by atoms with Gasteiger partial charge in [-0.05, 0) is 12.5 Å². The fraction of sp³-hybridized carbons (Fsp3) is 0.385. The summed E-state index contributed by atoms with van der Waals surface area (Å²) in [5.74, 6) is 0. The average molecular weight is 228 g/mol. The smallest absolute Gasteiger partial charge is 0.0738 e. The molecule has 0 aliphatic carbocycles. The van der Waals surface area contributed by atoms with Gasteiger partial charge in [-0.25, -0.2) is 4.68 Å². The molecule has 1 aromatic carbocycles. The number of aromatic nitrogens is 3. The minimum absolute atomic E-state index is 0.504. The molecule has 4 nitrogen and oxygen atoms in total. The maximum atomic E-state index is 4.09. The van der Waals surface area contributed by atoms with Crippen molar-refractivity contribution in [3.8, 4) is 0 Å². The Labute approximate surface area is 101 Å². The molecule has 1 aromatic heterocycles. The first-order valence-electron chi connectivity index (χ1n) is 5.98. The van der Waals surface area contributed by atoms with Gasteiger partial charge in [-0.2, -0.15) is 0 Å². The molecule has 88 valence electrons. The maximum absolute atomic E-state index is 4.09. The molecule has 0 saturated heterocycles. The van der Waals surface area contributed by atoms with Gasteiger partial charge in [0.25, 0.3) is 0 Å². The highest BCUT2D eigenvalue weighted by Gasteiger charge is 2.23. The third-order valence-corrected chi connectivity index (χ3v) is 3.35. The summed E-state index contributed by atoms with van der Waals surface area (Å²) < 4.78 is 2.01. The molecule has 2 aromatic rings. The van der Waals surface area contributed by atoms with Crippen LogP contribution in [0.15, 0.2) is 36.5 Å². The maximum Gasteiger partial charge on any atom is 0.0738 e. The van der Waals surface area contributed by atoms with Gasteiger partial charge in [-0.15, -0.1) is 5.10 Å². The monoisotopic (exact) mass is 228 g/mol. The van der Waals surface area contributed by atoms with Crippen molar-refractivity contribution in [3.05, 3.63) is 47.8 Å². The van der Waals surface area contributed by atoms with Gasteiger partial charge in [0, 0.05) is 19.1 Å². The molecule has 3 rings (SSSR count). The van der Waals surface area contributed by atoms with Crippen LogP contribution in [0.3, 0.4) is 0 Å². The number of hydrogen-bond acceptors (Lipinski definition) is 3. The van der Waals surface area contributed by atoms with E-state index in [0.29, 0.717) is 6.04 Å². The first-order valence-corrected chi connectivity index (χ1v) is 5.98. The molecule has 0 spiro atoms. The Morgan fingerprint density at radius 2 is 2.12 bits per heavy atom. The van der Waals surface area contributed by atoms with Crippen molar-refractivity contribution in [1.82, 2.24) is 19.9 Å². The standard InChI is InChI=1S/C13H16N4/c1-11-8-17-13(7-14-15-17)10-16(11)9-12-5-3-2-4-6-12/h2-7,11H,8-10H2,1H3. The highest BCUT2D eigenvalue weighted by molar-refractivity contribution is 5.15. The van der Waals surface area contributed by atoms with Crippen LogP contribution in [-0.4, -0.2) is 25.9 Å². The lowest BCUT2D eigenvalue weighted by Gasteiger charge is -2.33. The Morgan fingerprint density at radius 1 is 1.29 bits per heavy atom. The number of rotatable bonds is 2. The number of hydrogen-bond donors (Lipinski definition) is 0. The minimum Gasteiger partial charge on any atom is -0.289 e. The Bertz CT molecular complexity index is 491. The normalized spacial score (nSPS) is 20.2. The van der Waals surface area contributed by atoms with Crippen LogP contribution in [-0.2, 0) is 19.6 Å². The Kier molecular flexibility index (Phi) is 2.65. The van der Waals surface area contributed by atoms with Crippen molar-refractivity contribution < 1.29 is 0 Å². The quantitative estimate of drug-likeness (QED) is 0.784. The summed E-state index contributed by atoms with van der Waals surface area (Å²) in [6.07, 6.45) is 1.86. The molecular weight excluding hydrogens is 212 g/mol. The molecule has 1 atom stereocenters. The fourth-order valence-corrected chi connectivity index (χ4v) is 2.31. The van der Waals surface area contributed by atoms with Crippen molar-refractivity contribution in [2.24, 2.45) is 0 Å². The number of benzene rings is 1. The molecule has 0 N–H and O–H groups in total. The number of nitrogens with zero attached hydrogens (tertiary/aromatic N) is 4. The molecule has 2 heterocycles. The minimum atomic E-state index is 0.504. The zero-order valence-corrected chi connectivity index (χ0v) is 9.95. The molecule has 1 aliphatic rings. The van der Waals surface area contributed by atoms with Gasteiger partial charge in [0.15, 0.2) is 0 Å².